The smallest absolute Gasteiger partial charge is 0.339 e. The number of nitro benzene ring substituents is 1. The average molecular weight is 457 g/mol. The fourth-order valence-electron chi connectivity index (χ4n) is 4.30. The van der Waals surface area contributed by atoms with Crippen molar-refractivity contribution in [1.29, 1.82) is 0 Å². The minimum absolute atomic E-state index is 0.0334. The van der Waals surface area contributed by atoms with E-state index in [9.17, 15) is 19.7 Å². The van der Waals surface area contributed by atoms with Crippen LogP contribution in [0.3, 0.4) is 0 Å². The van der Waals surface area contributed by atoms with Gasteiger partial charge in [-0.1, -0.05) is 18.2 Å². The summed E-state index contributed by atoms with van der Waals surface area (Å²) in [5.41, 5.74) is 4.49. The zero-order valence-corrected chi connectivity index (χ0v) is 18.5. The molecule has 0 bridgehead atoms. The van der Waals surface area contributed by atoms with E-state index < -0.39 is 10.9 Å². The monoisotopic (exact) mass is 457 g/mol. The molecule has 1 amide bonds. The Bertz CT molecular complexity index is 1330. The Labute approximate surface area is 195 Å². The largest absolute Gasteiger partial charge is 0.452 e. The minimum Gasteiger partial charge on any atom is -0.452 e. The lowest BCUT2D eigenvalue weighted by Gasteiger charge is -2.22. The molecule has 0 radical (unpaired) electrons. The summed E-state index contributed by atoms with van der Waals surface area (Å²) in [6.45, 7) is -0.313. The molecule has 0 saturated heterocycles. The number of nitrogens with one attached hydrogen (secondary N) is 1. The highest BCUT2D eigenvalue weighted by molar-refractivity contribution is 6.07. The number of allylic oxidation sites excluding steroid dienone is 1. The van der Waals surface area contributed by atoms with Crippen LogP contribution >= 0.6 is 0 Å². The van der Waals surface area contributed by atoms with Crippen LogP contribution in [-0.4, -0.2) is 34.4 Å². The lowest BCUT2D eigenvalue weighted by molar-refractivity contribution is -0.384. The van der Waals surface area contributed by atoms with Crippen molar-refractivity contribution in [3.05, 3.63) is 81.0 Å². The second-order valence-corrected chi connectivity index (χ2v) is 8.62. The van der Waals surface area contributed by atoms with Crippen molar-refractivity contribution in [2.45, 2.75) is 38.1 Å². The van der Waals surface area contributed by atoms with Crippen molar-refractivity contribution >= 4 is 40.1 Å². The van der Waals surface area contributed by atoms with E-state index in [1.54, 1.807) is 12.1 Å². The normalized spacial score (nSPS) is 16.2. The molecule has 1 aromatic heterocycles. The summed E-state index contributed by atoms with van der Waals surface area (Å²) in [6, 6.07) is 14.0. The van der Waals surface area contributed by atoms with Gasteiger partial charge in [-0.3, -0.25) is 14.9 Å². The summed E-state index contributed by atoms with van der Waals surface area (Å²) >= 11 is 0. The average Bonchev–Trinajstić information content (AvgIpc) is 3.65. The highest BCUT2D eigenvalue weighted by Crippen LogP contribution is 2.36. The van der Waals surface area contributed by atoms with E-state index in [4.69, 9.17) is 9.72 Å². The molecule has 34 heavy (non-hydrogen) atoms. The van der Waals surface area contributed by atoms with Gasteiger partial charge in [0.15, 0.2) is 6.61 Å². The number of aromatic nitrogens is 1. The fraction of sp³-hybridized carbons (Fsp3) is 0.269. The molecule has 1 fully saturated rings. The summed E-state index contributed by atoms with van der Waals surface area (Å²) in [5, 5.41) is 14.5. The van der Waals surface area contributed by atoms with Crippen LogP contribution in [0.1, 0.15) is 52.9 Å². The number of pyridine rings is 1. The maximum atomic E-state index is 13.2. The van der Waals surface area contributed by atoms with Crippen LogP contribution in [0.4, 0.5) is 5.69 Å². The van der Waals surface area contributed by atoms with Crippen LogP contribution in [-0.2, 0) is 16.0 Å². The van der Waals surface area contributed by atoms with E-state index in [0.717, 1.165) is 48.1 Å². The molecule has 8 nitrogen and oxygen atoms in total. The van der Waals surface area contributed by atoms with Crippen molar-refractivity contribution in [3.8, 4) is 0 Å². The number of non-ortho nitro benzene ring substituents is 1. The lowest BCUT2D eigenvalue weighted by atomic mass is 9.86. The van der Waals surface area contributed by atoms with E-state index in [-0.39, 0.29) is 24.2 Å². The number of carbonyl (C=O) groups excluding carboxylic acids is 2. The van der Waals surface area contributed by atoms with Crippen LogP contribution in [0.5, 0.6) is 0 Å². The number of carbonyl (C=O) groups is 2. The second kappa shape index (κ2) is 9.05. The van der Waals surface area contributed by atoms with Gasteiger partial charge in [0, 0.05) is 23.6 Å². The topological polar surface area (TPSA) is 111 Å². The van der Waals surface area contributed by atoms with Gasteiger partial charge in [0.05, 0.1) is 21.7 Å². The third-order valence-electron chi connectivity index (χ3n) is 6.10. The van der Waals surface area contributed by atoms with Gasteiger partial charge < -0.3 is 10.1 Å². The third-order valence-corrected chi connectivity index (χ3v) is 6.10. The number of para-hydroxylation sites is 1. The number of fused-ring (bicyclic) bond motifs is 2. The maximum Gasteiger partial charge on any atom is 0.339 e. The van der Waals surface area contributed by atoms with Crippen molar-refractivity contribution in [1.82, 2.24) is 10.3 Å². The van der Waals surface area contributed by atoms with Crippen molar-refractivity contribution in [3.63, 3.8) is 0 Å². The maximum absolute atomic E-state index is 13.2. The first-order valence-corrected chi connectivity index (χ1v) is 11.3. The Morgan fingerprint density at radius 2 is 1.88 bits per heavy atom. The van der Waals surface area contributed by atoms with Crippen LogP contribution < -0.4 is 5.32 Å². The summed E-state index contributed by atoms with van der Waals surface area (Å²) < 4.78 is 5.42. The molecule has 8 heteroatoms. The lowest BCUT2D eigenvalue weighted by Crippen LogP contribution is -2.30. The van der Waals surface area contributed by atoms with E-state index >= 15 is 0 Å². The highest BCUT2D eigenvalue weighted by Gasteiger charge is 2.27. The summed E-state index contributed by atoms with van der Waals surface area (Å²) in [5.74, 6) is -0.820. The van der Waals surface area contributed by atoms with Crippen molar-refractivity contribution in [2.75, 3.05) is 6.61 Å². The second-order valence-electron chi connectivity index (χ2n) is 8.62. The third kappa shape index (κ3) is 4.52. The molecular weight excluding hydrogens is 434 g/mol. The van der Waals surface area contributed by atoms with E-state index in [1.165, 1.54) is 12.1 Å². The number of hydrogen-bond donors (Lipinski definition) is 1. The Hall–Kier alpha value is -4.07. The Morgan fingerprint density at radius 3 is 2.62 bits per heavy atom. The van der Waals surface area contributed by atoms with Gasteiger partial charge in [0.1, 0.15) is 0 Å². The SMILES string of the molecule is O=C(COC(=O)c1c2c(nc3ccccc13)/C(=C/c1ccc([N+](=O)[O-])cc1)CCC2)NC1CC1. The first-order valence-electron chi connectivity index (χ1n) is 11.3. The Kier molecular flexibility index (Phi) is 5.79. The van der Waals surface area contributed by atoms with E-state index in [2.05, 4.69) is 5.32 Å². The first-order chi connectivity index (χ1) is 16.5. The van der Waals surface area contributed by atoms with Gasteiger partial charge >= 0.3 is 5.97 Å². The first kappa shape index (κ1) is 21.8. The molecule has 0 atom stereocenters. The Morgan fingerprint density at radius 1 is 1.12 bits per heavy atom. The van der Waals surface area contributed by atoms with Crippen LogP contribution in [0.2, 0.25) is 0 Å². The molecule has 1 N–H and O–H groups in total. The minimum atomic E-state index is -0.530. The van der Waals surface area contributed by atoms with Gasteiger partial charge in [-0.25, -0.2) is 9.78 Å². The molecule has 0 unspecified atom stereocenters. The summed E-state index contributed by atoms with van der Waals surface area (Å²) in [4.78, 5) is 40.6. The molecule has 2 aromatic carbocycles. The zero-order valence-electron chi connectivity index (χ0n) is 18.5. The molecule has 1 heterocycles. The van der Waals surface area contributed by atoms with E-state index in [0.29, 0.717) is 22.9 Å². The number of benzene rings is 2. The van der Waals surface area contributed by atoms with Gasteiger partial charge in [0.2, 0.25) is 0 Å². The molecule has 5 rings (SSSR count). The van der Waals surface area contributed by atoms with Crippen LogP contribution in [0.15, 0.2) is 48.5 Å². The van der Waals surface area contributed by atoms with Gasteiger partial charge in [0.25, 0.3) is 11.6 Å². The van der Waals surface area contributed by atoms with E-state index in [1.807, 2.05) is 30.3 Å². The predicted molar refractivity (Wildman–Crippen MR) is 127 cm³/mol. The molecule has 2 aliphatic carbocycles. The highest BCUT2D eigenvalue weighted by atomic mass is 16.6. The van der Waals surface area contributed by atoms with Crippen LogP contribution in [0.25, 0.3) is 22.6 Å². The standard InChI is InChI=1S/C26H23N3O5/c30-23(27-18-10-11-18)15-34-26(31)24-20-5-1-2-7-22(20)28-25-17(4-3-6-21(24)25)14-16-8-12-19(13-9-16)29(32)33/h1-2,5,7-9,12-14,18H,3-4,6,10-11,15H2,(H,27,30)/b17-14+. The quantitative estimate of drug-likeness (QED) is 0.332. The van der Waals surface area contributed by atoms with Gasteiger partial charge in [-0.2, -0.15) is 0 Å². The molecular formula is C26H23N3O5. The number of hydrogen-bond acceptors (Lipinski definition) is 6. The molecule has 3 aromatic rings. The molecule has 1 saturated carbocycles. The number of esters is 1. The fourth-order valence-corrected chi connectivity index (χ4v) is 4.30. The number of nitro groups is 1. The molecule has 2 aliphatic rings. The molecule has 0 spiro atoms. The predicted octanol–water partition coefficient (Wildman–Crippen LogP) is 4.46. The van der Waals surface area contributed by atoms with Crippen molar-refractivity contribution in [2.24, 2.45) is 0 Å². The number of ether oxygens (including phenoxy) is 1. The Balaban J connectivity index is 1.51. The molecule has 0 aliphatic heterocycles. The zero-order chi connectivity index (χ0) is 23.7. The molecule has 172 valence electrons. The summed E-state index contributed by atoms with van der Waals surface area (Å²) in [6.07, 6.45) is 6.16. The van der Waals surface area contributed by atoms with Gasteiger partial charge in [-0.15, -0.1) is 0 Å². The van der Waals surface area contributed by atoms with Gasteiger partial charge in [-0.05, 0) is 73.1 Å². The van der Waals surface area contributed by atoms with Crippen LogP contribution in [0, 0.1) is 10.1 Å². The number of rotatable bonds is 6. The number of nitrogens with zero attached hydrogens (tertiary/aromatic N) is 2. The summed E-state index contributed by atoms with van der Waals surface area (Å²) in [7, 11) is 0. The number of amides is 1. The van der Waals surface area contributed by atoms with Crippen molar-refractivity contribution < 1.29 is 19.2 Å².